The third kappa shape index (κ3) is 5.53. The maximum Gasteiger partial charge on any atom is 0.324 e. The molecule has 8 heteroatoms. The smallest absolute Gasteiger partial charge is 0.324 e. The Labute approximate surface area is 179 Å². The van der Waals surface area contributed by atoms with Crippen LogP contribution in [0.3, 0.4) is 0 Å². The van der Waals surface area contributed by atoms with Crippen molar-refractivity contribution in [2.45, 2.75) is 39.5 Å². The Balaban J connectivity index is 1.58. The van der Waals surface area contributed by atoms with Crippen molar-refractivity contribution in [3.63, 3.8) is 0 Å². The molecule has 2 aromatic heterocycles. The van der Waals surface area contributed by atoms with Crippen molar-refractivity contribution in [2.75, 3.05) is 0 Å². The predicted molar refractivity (Wildman–Crippen MR) is 112 cm³/mol. The molecule has 0 N–H and O–H groups in total. The second-order valence-electron chi connectivity index (χ2n) is 6.23. The van der Waals surface area contributed by atoms with Crippen molar-refractivity contribution in [1.29, 1.82) is 0 Å². The summed E-state index contributed by atoms with van der Waals surface area (Å²) in [6, 6.07) is 9.31. The third-order valence-electron chi connectivity index (χ3n) is 4.09. The van der Waals surface area contributed by atoms with E-state index in [2.05, 4.69) is 19.9 Å². The average Bonchev–Trinajstić information content (AvgIpc) is 2.64. The minimum atomic E-state index is 0.116. The van der Waals surface area contributed by atoms with E-state index >= 15 is 0 Å². The summed E-state index contributed by atoms with van der Waals surface area (Å²) >= 11 is 18.1. The van der Waals surface area contributed by atoms with Gasteiger partial charge in [0.15, 0.2) is 0 Å². The molecule has 146 valence electrons. The van der Waals surface area contributed by atoms with Gasteiger partial charge < -0.3 is 4.74 Å². The van der Waals surface area contributed by atoms with Crippen LogP contribution < -0.4 is 4.74 Å². The lowest BCUT2D eigenvalue weighted by Gasteiger charge is -2.09. The summed E-state index contributed by atoms with van der Waals surface area (Å²) in [4.78, 5) is 16.9. The molecule has 0 unspecified atom stereocenters. The number of hydrogen-bond donors (Lipinski definition) is 0. The molecule has 28 heavy (non-hydrogen) atoms. The Morgan fingerprint density at radius 2 is 1.50 bits per heavy atom. The van der Waals surface area contributed by atoms with Crippen LogP contribution in [-0.4, -0.2) is 19.9 Å². The monoisotopic (exact) mass is 436 g/mol. The summed E-state index contributed by atoms with van der Waals surface area (Å²) in [7, 11) is 0. The number of aromatic nitrogens is 4. The number of hydrogen-bond acceptors (Lipinski definition) is 5. The Bertz CT molecular complexity index is 944. The van der Waals surface area contributed by atoms with Gasteiger partial charge in [0.25, 0.3) is 0 Å². The van der Waals surface area contributed by atoms with Crippen LogP contribution in [0.4, 0.5) is 0 Å². The largest absolute Gasteiger partial charge is 0.424 e. The molecule has 0 radical (unpaired) electrons. The molecule has 5 nitrogen and oxygen atoms in total. The van der Waals surface area contributed by atoms with Crippen molar-refractivity contribution < 1.29 is 4.74 Å². The summed E-state index contributed by atoms with van der Waals surface area (Å²) in [5, 5.41) is 1.16. The van der Waals surface area contributed by atoms with Gasteiger partial charge in [-0.1, -0.05) is 53.9 Å². The van der Waals surface area contributed by atoms with Gasteiger partial charge in [0.05, 0.1) is 16.4 Å². The van der Waals surface area contributed by atoms with Gasteiger partial charge in [-0.3, -0.25) is 0 Å². The van der Waals surface area contributed by atoms with Gasteiger partial charge in [0, 0.05) is 6.07 Å². The van der Waals surface area contributed by atoms with Gasteiger partial charge in [0.1, 0.15) is 21.9 Å². The molecule has 0 spiro atoms. The summed E-state index contributed by atoms with van der Waals surface area (Å²) in [5.41, 5.74) is 3.02. The molecule has 0 amide bonds. The molecule has 3 aromatic rings. The zero-order valence-electron chi connectivity index (χ0n) is 15.5. The molecule has 1 aromatic carbocycles. The van der Waals surface area contributed by atoms with Crippen molar-refractivity contribution in [1.82, 2.24) is 19.9 Å². The van der Waals surface area contributed by atoms with Crippen molar-refractivity contribution in [3.8, 4) is 11.8 Å². The van der Waals surface area contributed by atoms with Crippen LogP contribution in [0.2, 0.25) is 15.3 Å². The number of ether oxygens (including phenoxy) is 1. The fourth-order valence-corrected chi connectivity index (χ4v) is 3.51. The van der Waals surface area contributed by atoms with E-state index in [1.165, 1.54) is 11.6 Å². The second kappa shape index (κ2) is 9.50. The number of benzene rings is 1. The first-order valence-corrected chi connectivity index (χ1v) is 10.1. The second-order valence-corrected chi connectivity index (χ2v) is 7.38. The van der Waals surface area contributed by atoms with Gasteiger partial charge in [-0.15, -0.1) is 0 Å². The van der Waals surface area contributed by atoms with Crippen LogP contribution >= 0.6 is 34.8 Å². The normalized spacial score (nSPS) is 10.9. The molecule has 0 saturated heterocycles. The molecule has 0 aliphatic carbocycles. The molecule has 0 aliphatic heterocycles. The maximum atomic E-state index is 6.41. The third-order valence-corrected chi connectivity index (χ3v) is 4.91. The summed E-state index contributed by atoms with van der Waals surface area (Å²) in [6.45, 7) is 3.94. The van der Waals surface area contributed by atoms with E-state index in [0.717, 1.165) is 42.9 Å². The van der Waals surface area contributed by atoms with Crippen LogP contribution in [-0.2, 0) is 19.3 Å². The Hall–Kier alpha value is -1.95. The fraction of sp³-hybridized carbons (Fsp3) is 0.300. The molecule has 0 atom stereocenters. The fourth-order valence-electron chi connectivity index (χ4n) is 2.79. The van der Waals surface area contributed by atoms with E-state index in [1.807, 2.05) is 38.1 Å². The highest BCUT2D eigenvalue weighted by atomic mass is 35.5. The van der Waals surface area contributed by atoms with E-state index in [9.17, 15) is 0 Å². The van der Waals surface area contributed by atoms with E-state index < -0.39 is 0 Å². The quantitative estimate of drug-likeness (QED) is 0.420. The van der Waals surface area contributed by atoms with E-state index in [4.69, 9.17) is 39.5 Å². The Morgan fingerprint density at radius 1 is 0.857 bits per heavy atom. The average molecular weight is 438 g/mol. The van der Waals surface area contributed by atoms with Gasteiger partial charge in [-0.05, 0) is 50.3 Å². The van der Waals surface area contributed by atoms with Crippen LogP contribution in [0.1, 0.15) is 36.1 Å². The first-order chi connectivity index (χ1) is 13.4. The van der Waals surface area contributed by atoms with Gasteiger partial charge in [-0.25, -0.2) is 9.97 Å². The first-order valence-electron chi connectivity index (χ1n) is 8.93. The molecule has 2 heterocycles. The lowest BCUT2D eigenvalue weighted by molar-refractivity contribution is 0.442. The van der Waals surface area contributed by atoms with Gasteiger partial charge >= 0.3 is 6.01 Å². The van der Waals surface area contributed by atoms with E-state index in [-0.39, 0.29) is 16.3 Å². The number of aryl methyl sites for hydroxylation is 4. The SMILES string of the molecule is CCc1nc(C)nc(CCCc2ccc(Oc3nc(Cl)cc(Cl)n3)cc2)c1Cl. The first kappa shape index (κ1) is 20.8. The number of rotatable bonds is 7. The Kier molecular flexibility index (Phi) is 7.05. The van der Waals surface area contributed by atoms with Crippen LogP contribution in [0.5, 0.6) is 11.8 Å². The molecule has 0 saturated carbocycles. The van der Waals surface area contributed by atoms with Gasteiger partial charge in [0.2, 0.25) is 0 Å². The van der Waals surface area contributed by atoms with Crippen LogP contribution in [0, 0.1) is 6.92 Å². The highest BCUT2D eigenvalue weighted by Gasteiger charge is 2.10. The zero-order chi connectivity index (χ0) is 20.1. The molecular formula is C20H19Cl3N4O. The summed E-state index contributed by atoms with van der Waals surface area (Å²) in [5.74, 6) is 1.38. The molecular weight excluding hydrogens is 419 g/mol. The van der Waals surface area contributed by atoms with Crippen molar-refractivity contribution >= 4 is 34.8 Å². The number of halogens is 3. The molecule has 0 bridgehead atoms. The number of nitrogens with zero attached hydrogens (tertiary/aromatic N) is 4. The Morgan fingerprint density at radius 3 is 2.14 bits per heavy atom. The minimum absolute atomic E-state index is 0.116. The predicted octanol–water partition coefficient (Wildman–Crippen LogP) is 6.07. The lowest BCUT2D eigenvalue weighted by atomic mass is 10.1. The van der Waals surface area contributed by atoms with Crippen LogP contribution in [0.15, 0.2) is 30.3 Å². The molecule has 3 rings (SSSR count). The van der Waals surface area contributed by atoms with E-state index in [1.54, 1.807) is 0 Å². The highest BCUT2D eigenvalue weighted by Crippen LogP contribution is 2.23. The summed E-state index contributed by atoms with van der Waals surface area (Å²) < 4.78 is 5.60. The minimum Gasteiger partial charge on any atom is -0.424 e. The van der Waals surface area contributed by atoms with Gasteiger partial charge in [-0.2, -0.15) is 9.97 Å². The molecule has 0 fully saturated rings. The lowest BCUT2D eigenvalue weighted by Crippen LogP contribution is -2.03. The topological polar surface area (TPSA) is 60.8 Å². The van der Waals surface area contributed by atoms with Crippen molar-refractivity contribution in [2.24, 2.45) is 0 Å². The molecule has 0 aliphatic rings. The van der Waals surface area contributed by atoms with Crippen molar-refractivity contribution in [3.05, 3.63) is 68.4 Å². The summed E-state index contributed by atoms with van der Waals surface area (Å²) in [6.07, 6.45) is 3.45. The van der Waals surface area contributed by atoms with E-state index in [0.29, 0.717) is 10.8 Å². The standard InChI is InChI=1S/C20H19Cl3N4O/c1-3-15-19(23)16(25-12(2)24-15)6-4-5-13-7-9-14(10-8-13)28-20-26-17(21)11-18(22)27-20/h7-11H,3-6H2,1-2H3. The maximum absolute atomic E-state index is 6.41. The highest BCUT2D eigenvalue weighted by molar-refractivity contribution is 6.33. The van der Waals surface area contributed by atoms with Crippen LogP contribution in [0.25, 0.3) is 0 Å². The zero-order valence-corrected chi connectivity index (χ0v) is 17.8.